The Labute approximate surface area is 134 Å². The van der Waals surface area contributed by atoms with E-state index in [9.17, 15) is 9.59 Å². The van der Waals surface area contributed by atoms with Crippen LogP contribution in [-0.2, 0) is 4.79 Å². The lowest BCUT2D eigenvalue weighted by Gasteiger charge is -2.07. The molecule has 2 N–H and O–H groups in total. The van der Waals surface area contributed by atoms with Crippen molar-refractivity contribution < 1.29 is 9.59 Å². The molecule has 0 saturated heterocycles. The van der Waals surface area contributed by atoms with E-state index in [4.69, 9.17) is 0 Å². The molecule has 0 unspecified atom stereocenters. The monoisotopic (exact) mass is 307 g/mol. The predicted octanol–water partition coefficient (Wildman–Crippen LogP) is 3.40. The average Bonchev–Trinajstić information content (AvgIpc) is 2.56. The molecule has 1 heterocycles. The molecule has 0 spiro atoms. The molecular formula is C18H17N3O2. The van der Waals surface area contributed by atoms with Crippen LogP contribution in [0, 0.1) is 0 Å². The summed E-state index contributed by atoms with van der Waals surface area (Å²) >= 11 is 0. The number of rotatable bonds is 5. The summed E-state index contributed by atoms with van der Waals surface area (Å²) in [5.74, 6) is -0.468. The van der Waals surface area contributed by atoms with E-state index in [-0.39, 0.29) is 11.8 Å². The van der Waals surface area contributed by atoms with E-state index in [1.165, 1.54) is 6.08 Å². The van der Waals surface area contributed by atoms with E-state index in [0.29, 0.717) is 16.9 Å². The number of allylic oxidation sites excluding steroid dienone is 3. The zero-order valence-corrected chi connectivity index (χ0v) is 12.7. The molecule has 2 aromatic rings. The summed E-state index contributed by atoms with van der Waals surface area (Å²) in [6.07, 6.45) is 9.81. The van der Waals surface area contributed by atoms with Crippen LogP contribution in [0.1, 0.15) is 17.3 Å². The van der Waals surface area contributed by atoms with E-state index in [1.54, 1.807) is 60.9 Å². The fraction of sp³-hybridized carbons (Fsp3) is 0.0556. The average molecular weight is 307 g/mol. The Morgan fingerprint density at radius 2 is 1.70 bits per heavy atom. The molecule has 2 amide bonds. The summed E-state index contributed by atoms with van der Waals surface area (Å²) in [6.45, 7) is 1.87. The highest BCUT2D eigenvalue weighted by Gasteiger charge is 2.06. The number of hydrogen-bond donors (Lipinski definition) is 2. The lowest BCUT2D eigenvalue weighted by molar-refractivity contribution is -0.111. The molecule has 0 atom stereocenters. The first-order valence-corrected chi connectivity index (χ1v) is 7.11. The molecular weight excluding hydrogens is 290 g/mol. The Hall–Kier alpha value is -3.21. The second-order valence-electron chi connectivity index (χ2n) is 4.64. The summed E-state index contributed by atoms with van der Waals surface area (Å²) < 4.78 is 0. The Morgan fingerprint density at radius 3 is 2.39 bits per heavy atom. The van der Waals surface area contributed by atoms with Gasteiger partial charge in [-0.25, -0.2) is 0 Å². The SMILES string of the molecule is C/C=C/C=C/C(=O)Nc1cccc(NC(=O)c2ccncc2)c1. The highest BCUT2D eigenvalue weighted by atomic mass is 16.2. The highest BCUT2D eigenvalue weighted by molar-refractivity contribution is 6.05. The van der Waals surface area contributed by atoms with Crippen molar-refractivity contribution in [1.29, 1.82) is 0 Å². The van der Waals surface area contributed by atoms with Crippen molar-refractivity contribution in [2.24, 2.45) is 0 Å². The van der Waals surface area contributed by atoms with Gasteiger partial charge in [0.05, 0.1) is 0 Å². The van der Waals surface area contributed by atoms with Crippen molar-refractivity contribution in [3.8, 4) is 0 Å². The van der Waals surface area contributed by atoms with Crippen molar-refractivity contribution in [2.45, 2.75) is 6.92 Å². The molecule has 0 aliphatic heterocycles. The van der Waals surface area contributed by atoms with E-state index in [1.807, 2.05) is 13.0 Å². The number of aromatic nitrogens is 1. The van der Waals surface area contributed by atoms with E-state index in [2.05, 4.69) is 15.6 Å². The number of nitrogens with zero attached hydrogens (tertiary/aromatic N) is 1. The second-order valence-corrected chi connectivity index (χ2v) is 4.64. The maximum atomic E-state index is 12.1. The molecule has 5 heteroatoms. The van der Waals surface area contributed by atoms with Crippen LogP contribution < -0.4 is 10.6 Å². The van der Waals surface area contributed by atoms with Crippen LogP contribution in [0.4, 0.5) is 11.4 Å². The largest absolute Gasteiger partial charge is 0.322 e. The molecule has 116 valence electrons. The van der Waals surface area contributed by atoms with Crippen LogP contribution in [-0.4, -0.2) is 16.8 Å². The van der Waals surface area contributed by atoms with Gasteiger partial charge >= 0.3 is 0 Å². The van der Waals surface area contributed by atoms with Gasteiger partial charge in [0.15, 0.2) is 0 Å². The van der Waals surface area contributed by atoms with Crippen molar-refractivity contribution >= 4 is 23.2 Å². The third kappa shape index (κ3) is 5.24. The molecule has 0 radical (unpaired) electrons. The fourth-order valence-corrected chi connectivity index (χ4v) is 1.82. The van der Waals surface area contributed by atoms with Gasteiger partial charge in [-0.15, -0.1) is 0 Å². The zero-order chi connectivity index (χ0) is 16.5. The van der Waals surface area contributed by atoms with Crippen molar-refractivity contribution in [3.63, 3.8) is 0 Å². The van der Waals surface area contributed by atoms with Crippen molar-refractivity contribution in [1.82, 2.24) is 4.98 Å². The fourth-order valence-electron chi connectivity index (χ4n) is 1.82. The molecule has 2 rings (SSSR count). The molecule has 0 bridgehead atoms. The van der Waals surface area contributed by atoms with Crippen molar-refractivity contribution in [2.75, 3.05) is 10.6 Å². The maximum Gasteiger partial charge on any atom is 0.255 e. The minimum absolute atomic E-state index is 0.233. The Morgan fingerprint density at radius 1 is 1.00 bits per heavy atom. The molecule has 1 aromatic heterocycles. The summed E-state index contributed by atoms with van der Waals surface area (Å²) in [5, 5.41) is 5.51. The topological polar surface area (TPSA) is 71.1 Å². The smallest absolute Gasteiger partial charge is 0.255 e. The number of benzene rings is 1. The lowest BCUT2D eigenvalue weighted by Crippen LogP contribution is -2.12. The number of anilines is 2. The van der Waals surface area contributed by atoms with Gasteiger partial charge in [-0.05, 0) is 37.3 Å². The van der Waals surface area contributed by atoms with Crippen LogP contribution >= 0.6 is 0 Å². The van der Waals surface area contributed by atoms with E-state index in [0.717, 1.165) is 0 Å². The van der Waals surface area contributed by atoms with Gasteiger partial charge in [0.25, 0.3) is 5.91 Å². The molecule has 23 heavy (non-hydrogen) atoms. The minimum atomic E-state index is -0.235. The lowest BCUT2D eigenvalue weighted by atomic mass is 10.2. The number of pyridine rings is 1. The number of hydrogen-bond acceptors (Lipinski definition) is 3. The third-order valence-electron chi connectivity index (χ3n) is 2.88. The minimum Gasteiger partial charge on any atom is -0.322 e. The Kier molecular flexibility index (Phi) is 5.82. The van der Waals surface area contributed by atoms with Gasteiger partial charge in [-0.1, -0.05) is 24.3 Å². The number of amides is 2. The zero-order valence-electron chi connectivity index (χ0n) is 12.7. The first-order valence-electron chi connectivity index (χ1n) is 7.11. The Bertz CT molecular complexity index is 737. The molecule has 0 aliphatic carbocycles. The highest BCUT2D eigenvalue weighted by Crippen LogP contribution is 2.16. The molecule has 0 saturated carbocycles. The van der Waals surface area contributed by atoms with Crippen LogP contribution in [0.5, 0.6) is 0 Å². The normalized spacial score (nSPS) is 10.8. The van der Waals surface area contributed by atoms with Gasteiger partial charge in [0.2, 0.25) is 5.91 Å². The second kappa shape index (κ2) is 8.29. The molecule has 1 aromatic carbocycles. The first kappa shape index (κ1) is 16.2. The molecule has 0 fully saturated rings. The van der Waals surface area contributed by atoms with Gasteiger partial charge in [-0.2, -0.15) is 0 Å². The third-order valence-corrected chi connectivity index (χ3v) is 2.88. The van der Waals surface area contributed by atoms with Gasteiger partial charge in [0.1, 0.15) is 0 Å². The first-order chi connectivity index (χ1) is 11.2. The van der Waals surface area contributed by atoms with E-state index >= 15 is 0 Å². The predicted molar refractivity (Wildman–Crippen MR) is 91.2 cm³/mol. The van der Waals surface area contributed by atoms with Crippen LogP contribution in [0.25, 0.3) is 0 Å². The van der Waals surface area contributed by atoms with Crippen LogP contribution in [0.15, 0.2) is 73.1 Å². The Balaban J connectivity index is 2.02. The van der Waals surface area contributed by atoms with Gasteiger partial charge < -0.3 is 10.6 Å². The number of carbonyl (C=O) groups excluding carboxylic acids is 2. The standard InChI is InChI=1S/C18H17N3O2/c1-2-3-4-8-17(22)20-15-6-5-7-16(13-15)21-18(23)14-9-11-19-12-10-14/h2-13H,1H3,(H,20,22)(H,21,23)/b3-2+,8-4+. The summed E-state index contributed by atoms with van der Waals surface area (Å²) in [5.41, 5.74) is 1.72. The number of carbonyl (C=O) groups is 2. The molecule has 5 nitrogen and oxygen atoms in total. The quantitative estimate of drug-likeness (QED) is 0.657. The number of nitrogens with one attached hydrogen (secondary N) is 2. The van der Waals surface area contributed by atoms with Crippen LogP contribution in [0.3, 0.4) is 0 Å². The maximum absolute atomic E-state index is 12.1. The van der Waals surface area contributed by atoms with Gasteiger partial charge in [-0.3, -0.25) is 14.6 Å². The van der Waals surface area contributed by atoms with Gasteiger partial charge in [0, 0.05) is 35.4 Å². The van der Waals surface area contributed by atoms with Crippen molar-refractivity contribution in [3.05, 3.63) is 78.7 Å². The van der Waals surface area contributed by atoms with E-state index < -0.39 is 0 Å². The van der Waals surface area contributed by atoms with Crippen LogP contribution in [0.2, 0.25) is 0 Å². The summed E-state index contributed by atoms with van der Waals surface area (Å²) in [4.78, 5) is 27.7. The summed E-state index contributed by atoms with van der Waals surface area (Å²) in [7, 11) is 0. The molecule has 0 aliphatic rings. The summed E-state index contributed by atoms with van der Waals surface area (Å²) in [6, 6.07) is 10.2.